The second kappa shape index (κ2) is 12.1. The zero-order valence-corrected chi connectivity index (χ0v) is 29.0. The highest BCUT2D eigenvalue weighted by atomic mass is 16.3. The molecule has 0 aliphatic carbocycles. The Bertz CT molecular complexity index is 3220. The molecule has 0 fully saturated rings. The molecule has 252 valence electrons. The van der Waals surface area contributed by atoms with Crippen molar-refractivity contribution in [2.75, 3.05) is 0 Å². The first-order chi connectivity index (χ1) is 26.7. The number of hydrogen-bond donors (Lipinski definition) is 0. The fraction of sp³-hybridized carbons (Fsp3) is 0. The normalized spacial score (nSPS) is 11.7. The number of fused-ring (bicyclic) bond motifs is 8. The lowest BCUT2D eigenvalue weighted by atomic mass is 9.98. The van der Waals surface area contributed by atoms with Crippen molar-refractivity contribution in [3.8, 4) is 51.0 Å². The molecule has 3 aromatic heterocycles. The summed E-state index contributed by atoms with van der Waals surface area (Å²) < 4.78 is 8.58. The number of benzene rings is 8. The van der Waals surface area contributed by atoms with Crippen LogP contribution in [0, 0.1) is 0 Å². The van der Waals surface area contributed by atoms with E-state index in [9.17, 15) is 0 Å². The van der Waals surface area contributed by atoms with Crippen molar-refractivity contribution in [3.05, 3.63) is 182 Å². The summed E-state index contributed by atoms with van der Waals surface area (Å²) >= 11 is 0. The summed E-state index contributed by atoms with van der Waals surface area (Å²) in [6.07, 6.45) is 0. The second-order valence-corrected chi connectivity index (χ2v) is 13.7. The molecule has 0 saturated heterocycles. The summed E-state index contributed by atoms with van der Waals surface area (Å²) in [6, 6.07) is 63.4. The molecule has 0 spiro atoms. The molecule has 0 amide bonds. The predicted octanol–water partition coefficient (Wildman–Crippen LogP) is 12.7. The third kappa shape index (κ3) is 4.90. The summed E-state index contributed by atoms with van der Waals surface area (Å²) in [4.78, 5) is 15.5. The summed E-state index contributed by atoms with van der Waals surface area (Å²) in [5.41, 5.74) is 10.2. The van der Waals surface area contributed by atoms with Gasteiger partial charge in [-0.2, -0.15) is 9.97 Å². The van der Waals surface area contributed by atoms with Crippen LogP contribution in [0.3, 0.4) is 0 Å². The number of hydrogen-bond acceptors (Lipinski definition) is 4. The van der Waals surface area contributed by atoms with Gasteiger partial charge in [-0.3, -0.25) is 4.57 Å². The SMILES string of the molecule is c1ccc(-c2ccc3c(c2)c2ccccc2n3-c2nc(-c3ccccc3)nc(-c3cccc(-c4ccc5ccc6c7ccccc7oc6c5c4)c3)n2)cc1. The van der Waals surface area contributed by atoms with E-state index in [2.05, 4.69) is 138 Å². The summed E-state index contributed by atoms with van der Waals surface area (Å²) in [5.74, 6) is 1.79. The number of nitrogens with zero attached hydrogens (tertiary/aromatic N) is 4. The highest BCUT2D eigenvalue weighted by molar-refractivity contribution is 6.15. The van der Waals surface area contributed by atoms with Gasteiger partial charge in [0.25, 0.3) is 0 Å². The van der Waals surface area contributed by atoms with Crippen LogP contribution in [0.5, 0.6) is 0 Å². The van der Waals surface area contributed by atoms with Gasteiger partial charge in [-0.25, -0.2) is 4.98 Å². The zero-order chi connectivity index (χ0) is 35.6. The zero-order valence-electron chi connectivity index (χ0n) is 29.0. The van der Waals surface area contributed by atoms with E-state index in [1.54, 1.807) is 0 Å². The minimum Gasteiger partial charge on any atom is -0.455 e. The van der Waals surface area contributed by atoms with Crippen molar-refractivity contribution in [3.63, 3.8) is 0 Å². The van der Waals surface area contributed by atoms with Crippen LogP contribution in [0.2, 0.25) is 0 Å². The van der Waals surface area contributed by atoms with Gasteiger partial charge in [0.1, 0.15) is 11.2 Å². The highest BCUT2D eigenvalue weighted by Crippen LogP contribution is 2.38. The molecule has 11 rings (SSSR count). The Labute approximate surface area is 310 Å². The van der Waals surface area contributed by atoms with Crippen molar-refractivity contribution in [2.24, 2.45) is 0 Å². The molecule has 11 aromatic rings. The quantitative estimate of drug-likeness (QED) is 0.180. The highest BCUT2D eigenvalue weighted by Gasteiger charge is 2.19. The standard InChI is InChI=1S/C49H30N4O/c1-3-12-31(13-4-1)35-25-27-44-42(30-35)38-18-7-9-20-43(38)53(44)49-51-47(33-14-5-2-6-15-33)50-48(52-49)37-17-11-16-34(28-37)36-23-22-32-24-26-40-39-19-8-10-21-45(39)54-46(40)41(32)29-36/h1-30H. The van der Waals surface area contributed by atoms with Crippen molar-refractivity contribution in [1.29, 1.82) is 0 Å². The fourth-order valence-electron chi connectivity index (χ4n) is 7.83. The number of aromatic nitrogens is 4. The van der Waals surface area contributed by atoms with Crippen LogP contribution < -0.4 is 0 Å². The van der Waals surface area contributed by atoms with E-state index in [1.165, 1.54) is 11.1 Å². The fourth-order valence-corrected chi connectivity index (χ4v) is 7.83. The minimum atomic E-state index is 0.570. The van der Waals surface area contributed by atoms with E-state index >= 15 is 0 Å². The Balaban J connectivity index is 1.09. The van der Waals surface area contributed by atoms with Crippen LogP contribution in [0.25, 0.3) is 105 Å². The molecule has 5 nitrogen and oxygen atoms in total. The topological polar surface area (TPSA) is 56.7 Å². The average Bonchev–Trinajstić information content (AvgIpc) is 3.80. The molecule has 0 saturated carbocycles. The lowest BCUT2D eigenvalue weighted by Crippen LogP contribution is -2.06. The molecule has 0 atom stereocenters. The van der Waals surface area contributed by atoms with E-state index in [0.29, 0.717) is 17.6 Å². The molecule has 0 radical (unpaired) electrons. The van der Waals surface area contributed by atoms with Crippen LogP contribution in [0.4, 0.5) is 0 Å². The monoisotopic (exact) mass is 690 g/mol. The van der Waals surface area contributed by atoms with Gasteiger partial charge in [-0.15, -0.1) is 0 Å². The molecule has 0 aliphatic heterocycles. The van der Waals surface area contributed by atoms with Crippen molar-refractivity contribution >= 4 is 54.5 Å². The number of rotatable bonds is 5. The van der Waals surface area contributed by atoms with E-state index in [0.717, 1.165) is 76.8 Å². The van der Waals surface area contributed by atoms with E-state index < -0.39 is 0 Å². The molecule has 5 heteroatoms. The van der Waals surface area contributed by atoms with Crippen molar-refractivity contribution in [2.45, 2.75) is 0 Å². The maximum Gasteiger partial charge on any atom is 0.238 e. The Morgan fingerprint density at radius 3 is 1.80 bits per heavy atom. The second-order valence-electron chi connectivity index (χ2n) is 13.7. The summed E-state index contributed by atoms with van der Waals surface area (Å²) in [5, 5.41) is 6.76. The third-order valence-electron chi connectivity index (χ3n) is 10.5. The lowest BCUT2D eigenvalue weighted by molar-refractivity contribution is 0.672. The maximum atomic E-state index is 6.41. The largest absolute Gasteiger partial charge is 0.455 e. The summed E-state index contributed by atoms with van der Waals surface area (Å²) in [7, 11) is 0. The molecule has 8 aromatic carbocycles. The van der Waals surface area contributed by atoms with Gasteiger partial charge in [0.2, 0.25) is 5.95 Å². The van der Waals surface area contributed by atoms with Gasteiger partial charge < -0.3 is 4.42 Å². The lowest BCUT2D eigenvalue weighted by Gasteiger charge is -2.12. The van der Waals surface area contributed by atoms with E-state index in [1.807, 2.05) is 48.5 Å². The minimum absolute atomic E-state index is 0.570. The van der Waals surface area contributed by atoms with Crippen LogP contribution in [-0.2, 0) is 0 Å². The maximum absolute atomic E-state index is 6.41. The summed E-state index contributed by atoms with van der Waals surface area (Å²) in [6.45, 7) is 0. The van der Waals surface area contributed by atoms with Crippen LogP contribution in [-0.4, -0.2) is 19.5 Å². The van der Waals surface area contributed by atoms with Crippen molar-refractivity contribution < 1.29 is 4.42 Å². The number of para-hydroxylation sites is 2. The van der Waals surface area contributed by atoms with Gasteiger partial charge in [0.05, 0.1) is 11.0 Å². The van der Waals surface area contributed by atoms with Gasteiger partial charge in [-0.05, 0) is 70.1 Å². The smallest absolute Gasteiger partial charge is 0.238 e. The Hall–Kier alpha value is -7.37. The van der Waals surface area contributed by atoms with E-state index in [4.69, 9.17) is 19.4 Å². The van der Waals surface area contributed by atoms with Crippen LogP contribution in [0.1, 0.15) is 0 Å². The molecule has 54 heavy (non-hydrogen) atoms. The molecular formula is C49H30N4O. The molecule has 0 bridgehead atoms. The molecule has 0 N–H and O–H groups in total. The van der Waals surface area contributed by atoms with Gasteiger partial charge in [0.15, 0.2) is 11.6 Å². The third-order valence-corrected chi connectivity index (χ3v) is 10.5. The molecule has 0 aliphatic rings. The first-order valence-corrected chi connectivity index (χ1v) is 18.1. The Morgan fingerprint density at radius 2 is 0.944 bits per heavy atom. The van der Waals surface area contributed by atoms with Gasteiger partial charge >= 0.3 is 0 Å². The van der Waals surface area contributed by atoms with Crippen LogP contribution >= 0.6 is 0 Å². The number of furan rings is 1. The first kappa shape index (κ1) is 30.3. The molecular weight excluding hydrogens is 661 g/mol. The van der Waals surface area contributed by atoms with Crippen molar-refractivity contribution in [1.82, 2.24) is 19.5 Å². The molecule has 0 unspecified atom stereocenters. The van der Waals surface area contributed by atoms with E-state index in [-0.39, 0.29) is 0 Å². The van der Waals surface area contributed by atoms with Gasteiger partial charge in [-0.1, -0.05) is 140 Å². The molecule has 3 heterocycles. The van der Waals surface area contributed by atoms with Crippen LogP contribution in [0.15, 0.2) is 186 Å². The predicted molar refractivity (Wildman–Crippen MR) is 221 cm³/mol. The average molecular weight is 691 g/mol. The first-order valence-electron chi connectivity index (χ1n) is 18.1. The Kier molecular flexibility index (Phi) is 6.79. The van der Waals surface area contributed by atoms with Gasteiger partial charge in [0, 0.05) is 38.1 Å². The Morgan fingerprint density at radius 1 is 0.352 bits per heavy atom.